The van der Waals surface area contributed by atoms with Crippen LogP contribution >= 0.6 is 22.9 Å². The van der Waals surface area contributed by atoms with E-state index in [-0.39, 0.29) is 18.2 Å². The Labute approximate surface area is 166 Å². The topological polar surface area (TPSA) is 71.1 Å². The third-order valence-corrected chi connectivity index (χ3v) is 5.28. The zero-order valence-corrected chi connectivity index (χ0v) is 16.5. The first kappa shape index (κ1) is 19.3. The fraction of sp³-hybridized carbons (Fsp3) is 0.250. The Balaban J connectivity index is 1.62. The molecule has 2 amide bonds. The minimum Gasteiger partial charge on any atom is -0.352 e. The van der Waals surface area contributed by atoms with Gasteiger partial charge < -0.3 is 10.6 Å². The van der Waals surface area contributed by atoms with Crippen LogP contribution in [0.4, 0.5) is 5.13 Å². The lowest BCUT2D eigenvalue weighted by molar-refractivity contribution is -0.120. The average Bonchev–Trinajstić information content (AvgIpc) is 3.02. The Hall–Kier alpha value is -2.44. The fourth-order valence-electron chi connectivity index (χ4n) is 2.62. The van der Waals surface area contributed by atoms with Crippen LogP contribution < -0.4 is 10.6 Å². The molecule has 0 fully saturated rings. The van der Waals surface area contributed by atoms with Crippen molar-refractivity contribution in [3.63, 3.8) is 0 Å². The van der Waals surface area contributed by atoms with Crippen LogP contribution in [0.15, 0.2) is 42.5 Å². The molecule has 0 saturated carbocycles. The van der Waals surface area contributed by atoms with Gasteiger partial charge in [0, 0.05) is 18.0 Å². The molecule has 5 nitrogen and oxygen atoms in total. The number of benzene rings is 2. The van der Waals surface area contributed by atoms with Gasteiger partial charge in [0.05, 0.1) is 16.6 Å². The van der Waals surface area contributed by atoms with Gasteiger partial charge in [-0.15, -0.1) is 0 Å². The van der Waals surface area contributed by atoms with Crippen molar-refractivity contribution < 1.29 is 9.59 Å². The number of halogens is 1. The summed E-state index contributed by atoms with van der Waals surface area (Å²) < 4.78 is 0.943. The van der Waals surface area contributed by atoms with E-state index in [0.717, 1.165) is 27.8 Å². The smallest absolute Gasteiger partial charge is 0.226 e. The van der Waals surface area contributed by atoms with E-state index < -0.39 is 0 Å². The number of nitrogens with zero attached hydrogens (tertiary/aromatic N) is 1. The number of fused-ring (bicyclic) bond motifs is 1. The molecule has 0 aliphatic carbocycles. The lowest BCUT2D eigenvalue weighted by Crippen LogP contribution is -2.24. The number of hydrogen-bond acceptors (Lipinski definition) is 4. The first-order valence-electron chi connectivity index (χ1n) is 8.74. The molecule has 0 bridgehead atoms. The summed E-state index contributed by atoms with van der Waals surface area (Å²) in [6.45, 7) is 2.36. The van der Waals surface area contributed by atoms with Gasteiger partial charge in [-0.1, -0.05) is 54.1 Å². The van der Waals surface area contributed by atoms with Crippen molar-refractivity contribution in [2.45, 2.75) is 32.7 Å². The molecule has 0 aliphatic heterocycles. The van der Waals surface area contributed by atoms with Crippen LogP contribution in [-0.4, -0.2) is 16.8 Å². The van der Waals surface area contributed by atoms with Gasteiger partial charge in [-0.3, -0.25) is 9.59 Å². The maximum atomic E-state index is 12.2. The second-order valence-corrected chi connectivity index (χ2v) is 7.60. The molecule has 0 atom stereocenters. The molecule has 0 saturated heterocycles. The van der Waals surface area contributed by atoms with Crippen LogP contribution in [0.25, 0.3) is 10.2 Å². The normalized spacial score (nSPS) is 10.7. The van der Waals surface area contributed by atoms with E-state index in [2.05, 4.69) is 15.6 Å². The fourth-order valence-corrected chi connectivity index (χ4v) is 3.77. The van der Waals surface area contributed by atoms with Gasteiger partial charge in [0.15, 0.2) is 5.13 Å². The van der Waals surface area contributed by atoms with Crippen molar-refractivity contribution in [2.24, 2.45) is 0 Å². The van der Waals surface area contributed by atoms with E-state index in [1.807, 2.05) is 43.3 Å². The molecule has 27 heavy (non-hydrogen) atoms. The molecule has 3 rings (SSSR count). The molecule has 2 aromatic carbocycles. The quantitative estimate of drug-likeness (QED) is 0.610. The maximum Gasteiger partial charge on any atom is 0.226 e. The van der Waals surface area contributed by atoms with Gasteiger partial charge >= 0.3 is 0 Å². The molecule has 0 unspecified atom stereocenters. The molecule has 2 N–H and O–H groups in total. The number of amides is 2. The summed E-state index contributed by atoms with van der Waals surface area (Å²) in [7, 11) is 0. The summed E-state index contributed by atoms with van der Waals surface area (Å²) in [6.07, 6.45) is 1.55. The summed E-state index contributed by atoms with van der Waals surface area (Å²) in [5, 5.41) is 6.93. The Morgan fingerprint density at radius 2 is 1.96 bits per heavy atom. The number of rotatable bonds is 7. The number of carbonyl (C=O) groups is 2. The number of carbonyl (C=O) groups excluding carboxylic acids is 2. The molecular formula is C20H20ClN3O2S. The molecule has 1 heterocycles. The second kappa shape index (κ2) is 8.97. The third kappa shape index (κ3) is 5.28. The minimum atomic E-state index is -0.0738. The monoisotopic (exact) mass is 401 g/mol. The molecule has 1 aromatic heterocycles. The highest BCUT2D eigenvalue weighted by Crippen LogP contribution is 2.27. The number of hydrogen-bond donors (Lipinski definition) is 2. The van der Waals surface area contributed by atoms with Crippen molar-refractivity contribution in [3.8, 4) is 0 Å². The van der Waals surface area contributed by atoms with Crippen LogP contribution in [0, 0.1) is 0 Å². The van der Waals surface area contributed by atoms with Crippen molar-refractivity contribution in [1.29, 1.82) is 0 Å². The Morgan fingerprint density at radius 3 is 2.74 bits per heavy atom. The highest BCUT2D eigenvalue weighted by molar-refractivity contribution is 7.22. The molecule has 0 aliphatic rings. The number of thiazole rings is 1. The maximum absolute atomic E-state index is 12.2. The second-order valence-electron chi connectivity index (χ2n) is 6.16. The third-order valence-electron chi connectivity index (χ3n) is 3.97. The summed E-state index contributed by atoms with van der Waals surface area (Å²) in [5.74, 6) is -0.106. The zero-order valence-electron chi connectivity index (χ0n) is 14.9. The summed E-state index contributed by atoms with van der Waals surface area (Å²) in [6, 6.07) is 13.1. The number of nitrogens with one attached hydrogen (secondary N) is 2. The zero-order chi connectivity index (χ0) is 19.2. The van der Waals surface area contributed by atoms with Gasteiger partial charge in [-0.2, -0.15) is 0 Å². The Bertz CT molecular complexity index is 971. The number of aromatic nitrogens is 1. The first-order valence-corrected chi connectivity index (χ1v) is 9.94. The van der Waals surface area contributed by atoms with Crippen LogP contribution in [-0.2, 0) is 22.6 Å². The molecular weight excluding hydrogens is 382 g/mol. The summed E-state index contributed by atoms with van der Waals surface area (Å²) in [5.41, 5.74) is 2.60. The van der Waals surface area contributed by atoms with Crippen LogP contribution in [0.2, 0.25) is 5.02 Å². The molecule has 3 aromatic rings. The van der Waals surface area contributed by atoms with Gasteiger partial charge in [-0.25, -0.2) is 4.98 Å². The van der Waals surface area contributed by atoms with E-state index in [4.69, 9.17) is 11.6 Å². The summed E-state index contributed by atoms with van der Waals surface area (Å²) in [4.78, 5) is 28.4. The van der Waals surface area contributed by atoms with Crippen molar-refractivity contribution in [2.75, 3.05) is 5.32 Å². The van der Waals surface area contributed by atoms with Crippen molar-refractivity contribution in [3.05, 3.63) is 58.6 Å². The van der Waals surface area contributed by atoms with Gasteiger partial charge in [-0.05, 0) is 35.7 Å². The largest absolute Gasteiger partial charge is 0.352 e. The Morgan fingerprint density at radius 1 is 1.15 bits per heavy atom. The SMILES string of the molecule is CCCC(=O)Nc1nc2ccc(CC(=O)NCc3ccccc3Cl)cc2s1. The van der Waals surface area contributed by atoms with E-state index in [1.165, 1.54) is 11.3 Å². The first-order chi connectivity index (χ1) is 13.0. The average molecular weight is 402 g/mol. The lowest BCUT2D eigenvalue weighted by Gasteiger charge is -2.07. The molecule has 7 heteroatoms. The summed E-state index contributed by atoms with van der Waals surface area (Å²) >= 11 is 7.52. The van der Waals surface area contributed by atoms with E-state index in [9.17, 15) is 9.59 Å². The van der Waals surface area contributed by atoms with Crippen molar-refractivity contribution in [1.82, 2.24) is 10.3 Å². The van der Waals surface area contributed by atoms with Gasteiger partial charge in [0.1, 0.15) is 0 Å². The highest BCUT2D eigenvalue weighted by atomic mass is 35.5. The van der Waals surface area contributed by atoms with E-state index >= 15 is 0 Å². The molecule has 140 valence electrons. The Kier molecular flexibility index (Phi) is 6.42. The van der Waals surface area contributed by atoms with E-state index in [1.54, 1.807) is 6.07 Å². The predicted octanol–water partition coefficient (Wildman–Crippen LogP) is 4.55. The molecule has 0 spiro atoms. The highest BCUT2D eigenvalue weighted by Gasteiger charge is 2.10. The van der Waals surface area contributed by atoms with Gasteiger partial charge in [0.25, 0.3) is 0 Å². The minimum absolute atomic E-state index is 0.0317. The van der Waals surface area contributed by atoms with Crippen LogP contribution in [0.3, 0.4) is 0 Å². The van der Waals surface area contributed by atoms with Crippen LogP contribution in [0.1, 0.15) is 30.9 Å². The van der Waals surface area contributed by atoms with Crippen molar-refractivity contribution >= 4 is 50.1 Å². The number of anilines is 1. The molecule has 0 radical (unpaired) electrons. The lowest BCUT2D eigenvalue weighted by atomic mass is 10.1. The van der Waals surface area contributed by atoms with E-state index in [0.29, 0.717) is 23.1 Å². The van der Waals surface area contributed by atoms with Crippen LogP contribution in [0.5, 0.6) is 0 Å². The standard InChI is InChI=1S/C20H20ClN3O2S/c1-2-5-18(25)24-20-23-16-9-8-13(10-17(16)27-20)11-19(26)22-12-14-6-3-4-7-15(14)21/h3-4,6-10H,2,5,11-12H2,1H3,(H,22,26)(H,23,24,25). The van der Waals surface area contributed by atoms with Gasteiger partial charge in [0.2, 0.25) is 11.8 Å². The predicted molar refractivity (Wildman–Crippen MR) is 110 cm³/mol.